The van der Waals surface area contributed by atoms with Crippen LogP contribution in [0.2, 0.25) is 0 Å². The third-order valence-corrected chi connectivity index (χ3v) is 6.80. The van der Waals surface area contributed by atoms with E-state index in [0.717, 1.165) is 16.9 Å². The smallest absolute Gasteiger partial charge is 0.241 e. The number of nitrogens with zero attached hydrogens (tertiary/aromatic N) is 1. The molecule has 0 fully saturated rings. The fourth-order valence-corrected chi connectivity index (χ4v) is 5.35. The lowest BCUT2D eigenvalue weighted by Crippen LogP contribution is -2.44. The Labute approximate surface area is 173 Å². The maximum Gasteiger partial charge on any atom is 0.241 e. The maximum absolute atomic E-state index is 12.6. The molecule has 1 aromatic heterocycles. The molecule has 2 heterocycles. The number of fused-ring (bicyclic) bond motifs is 1. The number of nitrogens with one attached hydrogen (secondary N) is 2. The Hall–Kier alpha value is -2.45. The van der Waals surface area contributed by atoms with Crippen LogP contribution in [0.15, 0.2) is 23.1 Å². The van der Waals surface area contributed by atoms with Gasteiger partial charge in [0.15, 0.2) is 0 Å². The minimum atomic E-state index is -3.93. The summed E-state index contributed by atoms with van der Waals surface area (Å²) in [4.78, 5) is 13.5. The average Bonchev–Trinajstić information content (AvgIpc) is 2.94. The highest BCUT2D eigenvalue weighted by molar-refractivity contribution is 7.89. The highest BCUT2D eigenvalue weighted by Crippen LogP contribution is 2.38. The van der Waals surface area contributed by atoms with Gasteiger partial charge in [0.1, 0.15) is 21.7 Å². The fourth-order valence-electron chi connectivity index (χ4n) is 3.25. The van der Waals surface area contributed by atoms with Gasteiger partial charge in [-0.3, -0.25) is 4.79 Å². The number of nitrogens with two attached hydrogens (primary N) is 1. The van der Waals surface area contributed by atoms with Crippen molar-refractivity contribution in [2.24, 2.45) is 5.14 Å². The minimum absolute atomic E-state index is 0.00155. The molecular formula is C19H22N4O4S2. The Bertz CT molecular complexity index is 1110. The Kier molecular flexibility index (Phi) is 5.69. The molecule has 1 amide bonds. The molecule has 154 valence electrons. The van der Waals surface area contributed by atoms with Crippen LogP contribution in [0, 0.1) is 11.3 Å². The molecule has 29 heavy (non-hydrogen) atoms. The van der Waals surface area contributed by atoms with Crippen LogP contribution in [-0.2, 0) is 34.2 Å². The van der Waals surface area contributed by atoms with Gasteiger partial charge in [-0.15, -0.1) is 11.3 Å². The van der Waals surface area contributed by atoms with Crippen molar-refractivity contribution in [1.29, 1.82) is 5.26 Å². The van der Waals surface area contributed by atoms with Gasteiger partial charge in [-0.1, -0.05) is 6.07 Å². The number of nitriles is 1. The first-order valence-electron chi connectivity index (χ1n) is 8.83. The lowest BCUT2D eigenvalue weighted by atomic mass is 9.92. The highest BCUT2D eigenvalue weighted by atomic mass is 32.2. The topological polar surface area (TPSA) is 134 Å². The van der Waals surface area contributed by atoms with Crippen molar-refractivity contribution in [2.75, 3.05) is 12.4 Å². The molecule has 1 aliphatic rings. The van der Waals surface area contributed by atoms with E-state index in [-0.39, 0.29) is 28.5 Å². The second-order valence-electron chi connectivity index (χ2n) is 7.49. The number of amides is 1. The number of anilines is 1. The van der Waals surface area contributed by atoms with Crippen molar-refractivity contribution in [3.8, 4) is 11.8 Å². The summed E-state index contributed by atoms with van der Waals surface area (Å²) >= 11 is 1.43. The standard InChI is InChI=1S/C19H22N4O4S2/c1-19(2)8-15-13(10-22-19)12(9-20)18(28-15)23-17(24)7-11-4-5-16(29(21,25)26)14(6-11)27-3/h4-6,22H,7-8,10H2,1-3H3,(H,23,24)(H2,21,25,26). The van der Waals surface area contributed by atoms with E-state index in [1.54, 1.807) is 0 Å². The third kappa shape index (κ3) is 4.59. The van der Waals surface area contributed by atoms with Crippen LogP contribution in [-0.4, -0.2) is 27.0 Å². The molecule has 1 aromatic carbocycles. The van der Waals surface area contributed by atoms with E-state index >= 15 is 0 Å². The first kappa shape index (κ1) is 21.3. The van der Waals surface area contributed by atoms with Crippen LogP contribution in [0.5, 0.6) is 5.75 Å². The molecule has 0 saturated heterocycles. The maximum atomic E-state index is 12.6. The van der Waals surface area contributed by atoms with Crippen molar-refractivity contribution in [2.45, 2.75) is 43.7 Å². The predicted octanol–water partition coefficient (Wildman–Crippen LogP) is 1.88. The molecular weight excluding hydrogens is 412 g/mol. The number of thiophene rings is 1. The molecule has 10 heteroatoms. The van der Waals surface area contributed by atoms with E-state index in [2.05, 4.69) is 30.6 Å². The van der Waals surface area contributed by atoms with E-state index in [1.807, 2.05) is 0 Å². The second-order valence-corrected chi connectivity index (χ2v) is 10.1. The summed E-state index contributed by atoms with van der Waals surface area (Å²) in [6, 6.07) is 6.49. The van der Waals surface area contributed by atoms with E-state index in [0.29, 0.717) is 22.7 Å². The molecule has 0 bridgehead atoms. The molecule has 1 aliphatic heterocycles. The van der Waals surface area contributed by atoms with E-state index < -0.39 is 10.0 Å². The Morgan fingerprint density at radius 1 is 1.45 bits per heavy atom. The number of rotatable bonds is 5. The lowest BCUT2D eigenvalue weighted by molar-refractivity contribution is -0.115. The normalized spacial score (nSPS) is 15.3. The number of carbonyl (C=O) groups is 1. The highest BCUT2D eigenvalue weighted by Gasteiger charge is 2.30. The quantitative estimate of drug-likeness (QED) is 0.658. The van der Waals surface area contributed by atoms with Crippen LogP contribution in [0.25, 0.3) is 0 Å². The van der Waals surface area contributed by atoms with Crippen LogP contribution >= 0.6 is 11.3 Å². The largest absolute Gasteiger partial charge is 0.495 e. The average molecular weight is 435 g/mol. The number of ether oxygens (including phenoxy) is 1. The van der Waals surface area contributed by atoms with Crippen molar-refractivity contribution in [3.63, 3.8) is 0 Å². The summed E-state index contributed by atoms with van der Waals surface area (Å²) in [5.41, 5.74) is 1.93. The van der Waals surface area contributed by atoms with Crippen molar-refractivity contribution in [3.05, 3.63) is 39.8 Å². The summed E-state index contributed by atoms with van der Waals surface area (Å²) in [5, 5.41) is 21.5. The van der Waals surface area contributed by atoms with Gasteiger partial charge >= 0.3 is 0 Å². The Balaban J connectivity index is 1.80. The number of carbonyl (C=O) groups excluding carboxylic acids is 1. The lowest BCUT2D eigenvalue weighted by Gasteiger charge is -2.30. The first-order valence-corrected chi connectivity index (χ1v) is 11.2. The summed E-state index contributed by atoms with van der Waals surface area (Å²) in [5.74, 6) is -0.229. The second kappa shape index (κ2) is 7.76. The van der Waals surface area contributed by atoms with Gasteiger partial charge in [-0.25, -0.2) is 13.6 Å². The summed E-state index contributed by atoms with van der Waals surface area (Å²) in [6.07, 6.45) is 0.780. The molecule has 0 aliphatic carbocycles. The van der Waals surface area contributed by atoms with E-state index in [4.69, 9.17) is 9.88 Å². The van der Waals surface area contributed by atoms with Gasteiger partial charge in [-0.05, 0) is 43.5 Å². The van der Waals surface area contributed by atoms with Crippen LogP contribution in [0.1, 0.15) is 35.4 Å². The van der Waals surface area contributed by atoms with Gasteiger partial charge in [-0.2, -0.15) is 5.26 Å². The third-order valence-electron chi connectivity index (χ3n) is 4.70. The monoisotopic (exact) mass is 434 g/mol. The summed E-state index contributed by atoms with van der Waals surface area (Å²) in [6.45, 7) is 4.78. The molecule has 0 radical (unpaired) electrons. The zero-order valence-electron chi connectivity index (χ0n) is 16.3. The fraction of sp³-hybridized carbons (Fsp3) is 0.368. The van der Waals surface area contributed by atoms with Gasteiger partial charge in [0.25, 0.3) is 0 Å². The van der Waals surface area contributed by atoms with Crippen molar-refractivity contribution >= 4 is 32.3 Å². The number of primary sulfonamides is 1. The number of hydrogen-bond donors (Lipinski definition) is 3. The molecule has 0 atom stereocenters. The minimum Gasteiger partial charge on any atom is -0.495 e. The zero-order chi connectivity index (χ0) is 21.4. The number of hydrogen-bond acceptors (Lipinski definition) is 7. The van der Waals surface area contributed by atoms with Crippen LogP contribution in [0.3, 0.4) is 0 Å². The molecule has 3 rings (SSSR count). The molecule has 0 saturated carbocycles. The Morgan fingerprint density at radius 2 is 2.17 bits per heavy atom. The number of methoxy groups -OCH3 is 1. The molecule has 8 nitrogen and oxygen atoms in total. The Morgan fingerprint density at radius 3 is 2.79 bits per heavy atom. The molecule has 0 spiro atoms. The summed E-state index contributed by atoms with van der Waals surface area (Å²) in [7, 11) is -2.59. The zero-order valence-corrected chi connectivity index (χ0v) is 18.0. The van der Waals surface area contributed by atoms with Gasteiger partial charge in [0.05, 0.1) is 19.1 Å². The van der Waals surface area contributed by atoms with Crippen molar-refractivity contribution in [1.82, 2.24) is 5.32 Å². The summed E-state index contributed by atoms with van der Waals surface area (Å²) < 4.78 is 28.3. The molecule has 2 aromatic rings. The number of benzene rings is 1. The van der Waals surface area contributed by atoms with E-state index in [9.17, 15) is 18.5 Å². The molecule has 4 N–H and O–H groups in total. The van der Waals surface area contributed by atoms with Crippen molar-refractivity contribution < 1.29 is 17.9 Å². The number of sulfonamides is 1. The van der Waals surface area contributed by atoms with Gasteiger partial charge < -0.3 is 15.4 Å². The van der Waals surface area contributed by atoms with E-state index in [1.165, 1.54) is 36.6 Å². The SMILES string of the molecule is COc1cc(CC(=O)Nc2sc3c(c2C#N)CNC(C)(C)C3)ccc1S(N)(=O)=O. The van der Waals surface area contributed by atoms with Gasteiger partial charge in [0, 0.05) is 17.0 Å². The van der Waals surface area contributed by atoms with Crippen LogP contribution in [0.4, 0.5) is 5.00 Å². The first-order chi connectivity index (χ1) is 13.5. The predicted molar refractivity (Wildman–Crippen MR) is 110 cm³/mol. The van der Waals surface area contributed by atoms with Gasteiger partial charge in [0.2, 0.25) is 15.9 Å². The molecule has 0 unspecified atom stereocenters. The van der Waals surface area contributed by atoms with Crippen LogP contribution < -0.4 is 20.5 Å².